The smallest absolute Gasteiger partial charge is 0.321 e. The van der Waals surface area contributed by atoms with Gasteiger partial charge in [-0.3, -0.25) is 14.9 Å². The summed E-state index contributed by atoms with van der Waals surface area (Å²) < 4.78 is 0. The molecule has 0 aromatic heterocycles. The third-order valence-electron chi connectivity index (χ3n) is 3.34. The predicted octanol–water partition coefficient (Wildman–Crippen LogP) is 1.69. The number of primary amides is 1. The van der Waals surface area contributed by atoms with E-state index in [1.165, 1.54) is 0 Å². The maximum Gasteiger partial charge on any atom is 0.321 e. The van der Waals surface area contributed by atoms with Crippen molar-refractivity contribution in [1.29, 1.82) is 0 Å². The van der Waals surface area contributed by atoms with Crippen LogP contribution in [-0.4, -0.2) is 23.0 Å². The summed E-state index contributed by atoms with van der Waals surface area (Å²) in [4.78, 5) is 22.5. The highest BCUT2D eigenvalue weighted by Gasteiger charge is 2.25. The number of amides is 1. The van der Waals surface area contributed by atoms with E-state index in [1.807, 2.05) is 60.7 Å². The molecule has 0 fully saturated rings. The number of benzene rings is 2. The van der Waals surface area contributed by atoms with Crippen molar-refractivity contribution in [3.63, 3.8) is 0 Å². The van der Waals surface area contributed by atoms with Crippen molar-refractivity contribution in [1.82, 2.24) is 5.32 Å². The van der Waals surface area contributed by atoms with Crippen LogP contribution in [0, 0.1) is 0 Å². The lowest BCUT2D eigenvalue weighted by atomic mass is 9.97. The molecule has 5 heteroatoms. The number of hydrogen-bond acceptors (Lipinski definition) is 3. The Morgan fingerprint density at radius 1 is 0.955 bits per heavy atom. The monoisotopic (exact) mass is 298 g/mol. The minimum absolute atomic E-state index is 0.258. The molecule has 0 aliphatic heterocycles. The van der Waals surface area contributed by atoms with E-state index in [4.69, 9.17) is 5.73 Å². The summed E-state index contributed by atoms with van der Waals surface area (Å²) in [5.41, 5.74) is 6.98. The summed E-state index contributed by atoms with van der Waals surface area (Å²) in [6.07, 6.45) is -0.258. The first kappa shape index (κ1) is 15.7. The van der Waals surface area contributed by atoms with Gasteiger partial charge in [0.1, 0.15) is 6.04 Å². The van der Waals surface area contributed by atoms with Crippen molar-refractivity contribution in [3.05, 3.63) is 71.8 Å². The Kier molecular flexibility index (Phi) is 5.27. The van der Waals surface area contributed by atoms with Crippen molar-refractivity contribution in [2.75, 3.05) is 0 Å². The topological polar surface area (TPSA) is 92.4 Å². The number of hydrogen-bond donors (Lipinski definition) is 3. The number of rotatable bonds is 7. The molecule has 0 aliphatic rings. The van der Waals surface area contributed by atoms with Gasteiger partial charge in [-0.25, -0.2) is 0 Å². The van der Waals surface area contributed by atoms with Crippen LogP contribution in [-0.2, 0) is 9.59 Å². The highest BCUT2D eigenvalue weighted by atomic mass is 16.4. The van der Waals surface area contributed by atoms with Crippen molar-refractivity contribution in [2.45, 2.75) is 18.5 Å². The zero-order chi connectivity index (χ0) is 15.9. The second kappa shape index (κ2) is 7.38. The fraction of sp³-hybridized carbons (Fsp3) is 0.176. The normalized spacial score (nSPS) is 12.0. The third kappa shape index (κ3) is 4.17. The average Bonchev–Trinajstić information content (AvgIpc) is 2.52. The van der Waals surface area contributed by atoms with Crippen molar-refractivity contribution < 1.29 is 14.7 Å². The SMILES string of the molecule is NC(=O)C[C@H](NC(c1ccccc1)c1ccccc1)C(=O)O. The molecule has 1 atom stereocenters. The molecule has 2 aromatic rings. The van der Waals surface area contributed by atoms with Crippen LogP contribution in [0.2, 0.25) is 0 Å². The molecule has 1 amide bonds. The van der Waals surface area contributed by atoms with E-state index in [0.29, 0.717) is 0 Å². The average molecular weight is 298 g/mol. The van der Waals surface area contributed by atoms with Gasteiger partial charge in [0, 0.05) is 0 Å². The Morgan fingerprint density at radius 3 is 1.77 bits per heavy atom. The Labute approximate surface area is 128 Å². The zero-order valence-electron chi connectivity index (χ0n) is 12.0. The van der Waals surface area contributed by atoms with Crippen LogP contribution < -0.4 is 11.1 Å². The van der Waals surface area contributed by atoms with E-state index in [2.05, 4.69) is 5.32 Å². The van der Waals surface area contributed by atoms with Crippen LogP contribution in [0.3, 0.4) is 0 Å². The van der Waals surface area contributed by atoms with E-state index in [-0.39, 0.29) is 12.5 Å². The van der Waals surface area contributed by atoms with Gasteiger partial charge in [0.25, 0.3) is 0 Å². The number of carbonyl (C=O) groups is 2. The molecule has 0 radical (unpaired) electrons. The van der Waals surface area contributed by atoms with Gasteiger partial charge in [0.05, 0.1) is 12.5 Å². The molecule has 5 nitrogen and oxygen atoms in total. The molecule has 0 saturated heterocycles. The van der Waals surface area contributed by atoms with Gasteiger partial charge in [0.15, 0.2) is 0 Å². The number of carboxylic acid groups (broad SMARTS) is 1. The third-order valence-corrected chi connectivity index (χ3v) is 3.34. The van der Waals surface area contributed by atoms with Crippen LogP contribution in [0.4, 0.5) is 0 Å². The molecule has 0 bridgehead atoms. The fourth-order valence-electron chi connectivity index (χ4n) is 2.30. The summed E-state index contributed by atoms with van der Waals surface area (Å²) in [6.45, 7) is 0. The van der Waals surface area contributed by atoms with Crippen LogP contribution in [0.5, 0.6) is 0 Å². The van der Waals surface area contributed by atoms with Gasteiger partial charge < -0.3 is 10.8 Å². The number of aliphatic carboxylic acids is 1. The molecular formula is C17H18N2O3. The van der Waals surface area contributed by atoms with E-state index in [0.717, 1.165) is 11.1 Å². The van der Waals surface area contributed by atoms with Crippen LogP contribution in [0.25, 0.3) is 0 Å². The Balaban J connectivity index is 2.32. The fourth-order valence-corrected chi connectivity index (χ4v) is 2.30. The van der Waals surface area contributed by atoms with Gasteiger partial charge >= 0.3 is 5.97 Å². The van der Waals surface area contributed by atoms with Gasteiger partial charge in [-0.1, -0.05) is 60.7 Å². The zero-order valence-corrected chi connectivity index (χ0v) is 12.0. The minimum atomic E-state index is -1.10. The van der Waals surface area contributed by atoms with E-state index in [9.17, 15) is 14.7 Å². The lowest BCUT2D eigenvalue weighted by Crippen LogP contribution is -2.42. The maximum absolute atomic E-state index is 11.4. The second-order valence-electron chi connectivity index (χ2n) is 4.98. The second-order valence-corrected chi connectivity index (χ2v) is 4.98. The van der Waals surface area contributed by atoms with Gasteiger partial charge in [-0.2, -0.15) is 0 Å². The van der Waals surface area contributed by atoms with Gasteiger partial charge in [0.2, 0.25) is 5.91 Å². The van der Waals surface area contributed by atoms with E-state index < -0.39 is 17.9 Å². The molecule has 2 aromatic carbocycles. The lowest BCUT2D eigenvalue weighted by molar-refractivity contribution is -0.141. The summed E-state index contributed by atoms with van der Waals surface area (Å²) in [5.74, 6) is -1.75. The highest BCUT2D eigenvalue weighted by molar-refractivity contribution is 5.83. The molecule has 0 aliphatic carbocycles. The summed E-state index contributed by atoms with van der Waals surface area (Å²) in [7, 11) is 0. The largest absolute Gasteiger partial charge is 0.480 e. The van der Waals surface area contributed by atoms with Gasteiger partial charge in [-0.05, 0) is 11.1 Å². The molecule has 4 N–H and O–H groups in total. The van der Waals surface area contributed by atoms with Crippen molar-refractivity contribution in [3.8, 4) is 0 Å². The Morgan fingerprint density at radius 2 is 1.41 bits per heavy atom. The first-order valence-corrected chi connectivity index (χ1v) is 6.95. The van der Waals surface area contributed by atoms with Crippen molar-refractivity contribution >= 4 is 11.9 Å². The van der Waals surface area contributed by atoms with E-state index >= 15 is 0 Å². The number of carbonyl (C=O) groups excluding carboxylic acids is 1. The molecule has 22 heavy (non-hydrogen) atoms. The molecule has 0 saturated carbocycles. The molecule has 0 heterocycles. The van der Waals surface area contributed by atoms with E-state index in [1.54, 1.807) is 0 Å². The van der Waals surface area contributed by atoms with Gasteiger partial charge in [-0.15, -0.1) is 0 Å². The predicted molar refractivity (Wildman–Crippen MR) is 83.1 cm³/mol. The molecular weight excluding hydrogens is 280 g/mol. The Hall–Kier alpha value is -2.66. The lowest BCUT2D eigenvalue weighted by Gasteiger charge is -2.23. The standard InChI is InChI=1S/C17H18N2O3/c18-15(20)11-14(17(21)22)19-16(12-7-3-1-4-8-12)13-9-5-2-6-10-13/h1-10,14,16,19H,11H2,(H2,18,20)(H,21,22)/t14-/m0/s1. The Bertz CT molecular complexity index is 589. The molecule has 0 unspecified atom stereocenters. The molecule has 114 valence electrons. The summed E-state index contributed by atoms with van der Waals surface area (Å²) in [5, 5.41) is 12.3. The quantitative estimate of drug-likeness (QED) is 0.725. The number of nitrogens with one attached hydrogen (secondary N) is 1. The number of nitrogens with two attached hydrogens (primary N) is 1. The summed E-state index contributed by atoms with van der Waals surface area (Å²) >= 11 is 0. The maximum atomic E-state index is 11.4. The van der Waals surface area contributed by atoms with Crippen molar-refractivity contribution in [2.24, 2.45) is 5.73 Å². The van der Waals surface area contributed by atoms with Crippen LogP contribution in [0.1, 0.15) is 23.6 Å². The summed E-state index contributed by atoms with van der Waals surface area (Å²) in [6, 6.07) is 17.6. The first-order chi connectivity index (χ1) is 10.6. The first-order valence-electron chi connectivity index (χ1n) is 6.95. The molecule has 0 spiro atoms. The van der Waals surface area contributed by atoms with Crippen LogP contribution >= 0.6 is 0 Å². The highest BCUT2D eigenvalue weighted by Crippen LogP contribution is 2.22. The number of carboxylic acids is 1. The molecule has 2 rings (SSSR count). The minimum Gasteiger partial charge on any atom is -0.480 e. The van der Waals surface area contributed by atoms with Crippen LogP contribution in [0.15, 0.2) is 60.7 Å².